The van der Waals surface area contributed by atoms with Crippen molar-refractivity contribution in [1.29, 1.82) is 0 Å². The Morgan fingerprint density at radius 3 is 2.50 bits per heavy atom. The standard InChI is InChI=1S/C22H26F2N2/c23-19-7-6-18(21(24)12-19)15-26-10-8-16(9-11-26)14-25-22-13-20(22)17-4-2-1-3-5-17/h1-7,12,16,20,22,25H,8-11,13-15H2. The number of rotatable bonds is 6. The van der Waals surface area contributed by atoms with Crippen LogP contribution in [0.15, 0.2) is 48.5 Å². The lowest BCUT2D eigenvalue weighted by atomic mass is 9.96. The summed E-state index contributed by atoms with van der Waals surface area (Å²) in [5, 5.41) is 3.73. The minimum Gasteiger partial charge on any atom is -0.313 e. The molecule has 1 saturated heterocycles. The van der Waals surface area contributed by atoms with Gasteiger partial charge in [-0.25, -0.2) is 8.78 Å². The Hall–Kier alpha value is -1.78. The molecule has 0 aromatic heterocycles. The lowest BCUT2D eigenvalue weighted by Gasteiger charge is -2.32. The fourth-order valence-corrected chi connectivity index (χ4v) is 4.05. The monoisotopic (exact) mass is 356 g/mol. The van der Waals surface area contributed by atoms with Gasteiger partial charge in [0.05, 0.1) is 0 Å². The number of nitrogens with one attached hydrogen (secondary N) is 1. The first-order valence-corrected chi connectivity index (χ1v) is 9.63. The second-order valence-corrected chi connectivity index (χ2v) is 7.72. The van der Waals surface area contributed by atoms with Crippen LogP contribution in [0.2, 0.25) is 0 Å². The predicted molar refractivity (Wildman–Crippen MR) is 99.9 cm³/mol. The molecule has 2 atom stereocenters. The van der Waals surface area contributed by atoms with Gasteiger partial charge in [0.1, 0.15) is 11.6 Å². The van der Waals surface area contributed by atoms with Crippen molar-refractivity contribution in [3.63, 3.8) is 0 Å². The van der Waals surface area contributed by atoms with Gasteiger partial charge in [-0.3, -0.25) is 4.90 Å². The topological polar surface area (TPSA) is 15.3 Å². The number of hydrogen-bond acceptors (Lipinski definition) is 2. The third kappa shape index (κ3) is 4.30. The molecule has 1 aliphatic carbocycles. The molecular weight excluding hydrogens is 330 g/mol. The average Bonchev–Trinajstić information content (AvgIpc) is 3.44. The summed E-state index contributed by atoms with van der Waals surface area (Å²) >= 11 is 0. The van der Waals surface area contributed by atoms with Crippen molar-refractivity contribution in [3.05, 3.63) is 71.3 Å². The maximum absolute atomic E-state index is 13.8. The Labute approximate surface area is 154 Å². The van der Waals surface area contributed by atoms with Gasteiger partial charge in [-0.2, -0.15) is 0 Å². The van der Waals surface area contributed by atoms with Gasteiger partial charge in [0.2, 0.25) is 0 Å². The highest BCUT2D eigenvalue weighted by Crippen LogP contribution is 2.40. The largest absolute Gasteiger partial charge is 0.313 e. The Bertz CT molecular complexity index is 726. The summed E-state index contributed by atoms with van der Waals surface area (Å²) in [4.78, 5) is 2.27. The van der Waals surface area contributed by atoms with Crippen LogP contribution in [0.3, 0.4) is 0 Å². The summed E-state index contributed by atoms with van der Waals surface area (Å²) in [6.45, 7) is 3.61. The molecule has 2 nitrogen and oxygen atoms in total. The number of likely N-dealkylation sites (tertiary alicyclic amines) is 1. The van der Waals surface area contributed by atoms with Gasteiger partial charge in [0.25, 0.3) is 0 Å². The molecule has 2 aromatic carbocycles. The van der Waals surface area contributed by atoms with Crippen LogP contribution in [0.1, 0.15) is 36.3 Å². The lowest BCUT2D eigenvalue weighted by Crippen LogP contribution is -2.37. The maximum Gasteiger partial charge on any atom is 0.130 e. The van der Waals surface area contributed by atoms with Gasteiger partial charge in [-0.1, -0.05) is 36.4 Å². The molecule has 1 saturated carbocycles. The molecule has 1 heterocycles. The van der Waals surface area contributed by atoms with Gasteiger partial charge in [-0.05, 0) is 56.4 Å². The Morgan fingerprint density at radius 2 is 1.77 bits per heavy atom. The van der Waals surface area contributed by atoms with Crippen LogP contribution in [-0.2, 0) is 6.54 Å². The molecule has 0 amide bonds. The zero-order valence-electron chi connectivity index (χ0n) is 15.0. The summed E-state index contributed by atoms with van der Waals surface area (Å²) in [6.07, 6.45) is 3.52. The van der Waals surface area contributed by atoms with Crippen LogP contribution < -0.4 is 5.32 Å². The highest BCUT2D eigenvalue weighted by atomic mass is 19.1. The van der Waals surface area contributed by atoms with E-state index >= 15 is 0 Å². The highest BCUT2D eigenvalue weighted by molar-refractivity contribution is 5.27. The van der Waals surface area contributed by atoms with E-state index in [-0.39, 0.29) is 0 Å². The third-order valence-electron chi connectivity index (χ3n) is 5.80. The van der Waals surface area contributed by atoms with Crippen molar-refractivity contribution >= 4 is 0 Å². The number of halogens is 2. The van der Waals surface area contributed by atoms with Crippen molar-refractivity contribution in [2.45, 2.75) is 37.8 Å². The molecule has 1 aliphatic heterocycles. The summed E-state index contributed by atoms with van der Waals surface area (Å²) in [6, 6.07) is 15.3. The first-order valence-electron chi connectivity index (χ1n) is 9.63. The molecule has 2 aliphatic rings. The van der Waals surface area contributed by atoms with Crippen LogP contribution >= 0.6 is 0 Å². The minimum atomic E-state index is -0.509. The van der Waals surface area contributed by atoms with Gasteiger partial charge >= 0.3 is 0 Å². The molecule has 2 aromatic rings. The Morgan fingerprint density at radius 1 is 1.00 bits per heavy atom. The molecule has 26 heavy (non-hydrogen) atoms. The fraction of sp³-hybridized carbons (Fsp3) is 0.455. The molecule has 0 radical (unpaired) electrons. The quantitative estimate of drug-likeness (QED) is 0.829. The van der Waals surface area contributed by atoms with Crippen LogP contribution in [0.5, 0.6) is 0 Å². The van der Waals surface area contributed by atoms with Crippen molar-refractivity contribution in [3.8, 4) is 0 Å². The summed E-state index contributed by atoms with van der Waals surface area (Å²) < 4.78 is 26.8. The van der Waals surface area contributed by atoms with E-state index in [9.17, 15) is 8.78 Å². The van der Waals surface area contributed by atoms with E-state index in [0.29, 0.717) is 30.0 Å². The third-order valence-corrected chi connectivity index (χ3v) is 5.80. The van der Waals surface area contributed by atoms with Crippen LogP contribution in [-0.4, -0.2) is 30.6 Å². The molecule has 0 bridgehead atoms. The van der Waals surface area contributed by atoms with Crippen molar-refractivity contribution < 1.29 is 8.78 Å². The number of piperidine rings is 1. The summed E-state index contributed by atoms with van der Waals surface area (Å²) in [5.74, 6) is 0.429. The smallest absolute Gasteiger partial charge is 0.130 e. The van der Waals surface area contributed by atoms with Crippen LogP contribution in [0, 0.1) is 17.6 Å². The molecule has 0 spiro atoms. The lowest BCUT2D eigenvalue weighted by molar-refractivity contribution is 0.173. The van der Waals surface area contributed by atoms with E-state index in [1.165, 1.54) is 18.1 Å². The summed E-state index contributed by atoms with van der Waals surface area (Å²) in [7, 11) is 0. The number of nitrogens with zero attached hydrogens (tertiary/aromatic N) is 1. The second-order valence-electron chi connectivity index (χ2n) is 7.72. The Kier molecular flexibility index (Phi) is 5.32. The van der Waals surface area contributed by atoms with E-state index < -0.39 is 11.6 Å². The Balaban J connectivity index is 1.19. The van der Waals surface area contributed by atoms with E-state index in [1.807, 2.05) is 0 Å². The van der Waals surface area contributed by atoms with E-state index in [0.717, 1.165) is 38.5 Å². The first kappa shape index (κ1) is 17.6. The predicted octanol–water partition coefficient (Wildman–Crippen LogP) is 4.32. The zero-order valence-corrected chi connectivity index (χ0v) is 15.0. The average molecular weight is 356 g/mol. The van der Waals surface area contributed by atoms with Crippen molar-refractivity contribution in [2.24, 2.45) is 5.92 Å². The maximum atomic E-state index is 13.8. The molecule has 138 valence electrons. The molecular formula is C22H26F2N2. The zero-order chi connectivity index (χ0) is 17.9. The molecule has 2 unspecified atom stereocenters. The van der Waals surface area contributed by atoms with Gasteiger partial charge in [0, 0.05) is 30.1 Å². The molecule has 1 N–H and O–H groups in total. The minimum absolute atomic E-state index is 0.436. The van der Waals surface area contributed by atoms with E-state index in [2.05, 4.69) is 40.5 Å². The van der Waals surface area contributed by atoms with Crippen molar-refractivity contribution in [1.82, 2.24) is 10.2 Å². The van der Waals surface area contributed by atoms with E-state index in [1.54, 1.807) is 6.07 Å². The molecule has 4 rings (SSSR count). The summed E-state index contributed by atoms with van der Waals surface area (Å²) in [5.41, 5.74) is 2.04. The van der Waals surface area contributed by atoms with Gasteiger partial charge in [-0.15, -0.1) is 0 Å². The molecule has 4 heteroatoms. The fourth-order valence-electron chi connectivity index (χ4n) is 4.05. The number of hydrogen-bond donors (Lipinski definition) is 1. The number of benzene rings is 2. The van der Waals surface area contributed by atoms with Gasteiger partial charge < -0.3 is 5.32 Å². The van der Waals surface area contributed by atoms with E-state index in [4.69, 9.17) is 0 Å². The normalized spacial score (nSPS) is 23.9. The highest BCUT2D eigenvalue weighted by Gasteiger charge is 2.38. The first-order chi connectivity index (χ1) is 12.7. The SMILES string of the molecule is Fc1ccc(CN2CCC(CNC3CC3c3ccccc3)CC2)c(F)c1. The second kappa shape index (κ2) is 7.85. The molecule has 2 fully saturated rings. The van der Waals surface area contributed by atoms with Crippen LogP contribution in [0.4, 0.5) is 8.78 Å². The van der Waals surface area contributed by atoms with Gasteiger partial charge in [0.15, 0.2) is 0 Å². The van der Waals surface area contributed by atoms with Crippen LogP contribution in [0.25, 0.3) is 0 Å². The van der Waals surface area contributed by atoms with Crippen molar-refractivity contribution in [2.75, 3.05) is 19.6 Å².